The Hall–Kier alpha value is -2.14. The smallest absolute Gasteiger partial charge is 0.310 e. The molecule has 22 heavy (non-hydrogen) atoms. The Balaban J connectivity index is 1.53. The molecule has 1 aromatic carbocycles. The highest BCUT2D eigenvalue weighted by Crippen LogP contribution is 2.51. The number of ether oxygens (including phenoxy) is 1. The van der Waals surface area contributed by atoms with Gasteiger partial charge in [0, 0.05) is 6.54 Å². The van der Waals surface area contributed by atoms with E-state index in [-0.39, 0.29) is 5.91 Å². The zero-order valence-corrected chi connectivity index (χ0v) is 12.0. The first kappa shape index (κ1) is 13.5. The Morgan fingerprint density at radius 1 is 1.36 bits per heavy atom. The quantitative estimate of drug-likeness (QED) is 0.845. The number of carbonyl (C=O) groups excluding carboxylic acids is 1. The second-order valence-electron chi connectivity index (χ2n) is 6.23. The summed E-state index contributed by atoms with van der Waals surface area (Å²) in [7, 11) is 0. The van der Waals surface area contributed by atoms with Crippen molar-refractivity contribution < 1.29 is 19.4 Å². The molecule has 0 aliphatic carbocycles. The molecule has 4 rings (SSSR count). The molecule has 0 aromatic heterocycles. The summed E-state index contributed by atoms with van der Waals surface area (Å²) < 4.78 is 5.86. The lowest BCUT2D eigenvalue weighted by Gasteiger charge is -2.21. The lowest BCUT2D eigenvalue weighted by molar-refractivity contribution is -0.148. The van der Waals surface area contributed by atoms with E-state index < -0.39 is 29.5 Å². The van der Waals surface area contributed by atoms with Crippen LogP contribution in [0.25, 0.3) is 0 Å². The zero-order chi connectivity index (χ0) is 15.3. The molecule has 3 aliphatic heterocycles. The Morgan fingerprint density at radius 3 is 2.86 bits per heavy atom. The van der Waals surface area contributed by atoms with Crippen molar-refractivity contribution in [3.8, 4) is 0 Å². The Kier molecular flexibility index (Phi) is 2.87. The number of rotatable bonds is 4. The molecule has 2 unspecified atom stereocenters. The molecule has 1 N–H and O–H groups in total. The monoisotopic (exact) mass is 299 g/mol. The van der Waals surface area contributed by atoms with Gasteiger partial charge in [0.05, 0.1) is 18.6 Å². The largest absolute Gasteiger partial charge is 0.481 e. The van der Waals surface area contributed by atoms with Gasteiger partial charge in [-0.3, -0.25) is 9.59 Å². The number of nitrogens with zero attached hydrogens (tertiary/aromatic N) is 1. The molecule has 1 aromatic rings. The van der Waals surface area contributed by atoms with Crippen molar-refractivity contribution in [3.63, 3.8) is 0 Å². The van der Waals surface area contributed by atoms with Gasteiger partial charge in [0.15, 0.2) is 0 Å². The van der Waals surface area contributed by atoms with Crippen molar-refractivity contribution in [2.75, 3.05) is 13.1 Å². The number of hydrogen-bond donors (Lipinski definition) is 1. The highest BCUT2D eigenvalue weighted by atomic mass is 16.5. The van der Waals surface area contributed by atoms with E-state index in [1.54, 1.807) is 11.0 Å². The number of benzene rings is 1. The average molecular weight is 299 g/mol. The van der Waals surface area contributed by atoms with E-state index in [1.807, 2.05) is 36.4 Å². The third kappa shape index (κ3) is 1.82. The highest BCUT2D eigenvalue weighted by Gasteiger charge is 2.66. The van der Waals surface area contributed by atoms with E-state index in [1.165, 1.54) is 5.56 Å². The zero-order valence-electron chi connectivity index (χ0n) is 12.0. The molecule has 114 valence electrons. The van der Waals surface area contributed by atoms with Gasteiger partial charge in [-0.2, -0.15) is 0 Å². The van der Waals surface area contributed by atoms with Crippen molar-refractivity contribution >= 4 is 11.9 Å². The number of aliphatic carboxylic acids is 1. The van der Waals surface area contributed by atoms with Crippen molar-refractivity contribution in [2.45, 2.75) is 18.1 Å². The molecule has 0 radical (unpaired) electrons. The normalized spacial score (nSPS) is 35.2. The van der Waals surface area contributed by atoms with Crippen molar-refractivity contribution in [1.82, 2.24) is 4.90 Å². The van der Waals surface area contributed by atoms with Gasteiger partial charge in [-0.25, -0.2) is 0 Å². The number of carboxylic acid groups (broad SMARTS) is 1. The Morgan fingerprint density at radius 2 is 2.14 bits per heavy atom. The van der Waals surface area contributed by atoms with Gasteiger partial charge in [-0.1, -0.05) is 42.5 Å². The van der Waals surface area contributed by atoms with Gasteiger partial charge in [-0.15, -0.1) is 0 Å². The van der Waals surface area contributed by atoms with Gasteiger partial charge in [-0.05, 0) is 12.0 Å². The summed E-state index contributed by atoms with van der Waals surface area (Å²) in [6, 6.07) is 9.97. The standard InChI is InChI=1S/C17H17NO4/c19-15-14-13(16(20)21)12-6-8-17(14,22-12)10-18(15)9-7-11-4-2-1-3-5-11/h1-6,8,12-14H,7,9-10H2,(H,20,21)/t12-,13?,14?,17-/m0/s1. The summed E-state index contributed by atoms with van der Waals surface area (Å²) in [4.78, 5) is 25.9. The topological polar surface area (TPSA) is 66.8 Å². The van der Waals surface area contributed by atoms with Crippen LogP contribution in [-0.4, -0.2) is 46.7 Å². The molecule has 5 heteroatoms. The van der Waals surface area contributed by atoms with Gasteiger partial charge < -0.3 is 14.7 Å². The Labute approximate surface area is 128 Å². The van der Waals surface area contributed by atoms with Crippen molar-refractivity contribution in [1.29, 1.82) is 0 Å². The van der Waals surface area contributed by atoms with Crippen LogP contribution in [0.2, 0.25) is 0 Å². The van der Waals surface area contributed by atoms with Gasteiger partial charge in [0.2, 0.25) is 5.91 Å². The third-order valence-electron chi connectivity index (χ3n) is 4.98. The number of hydrogen-bond acceptors (Lipinski definition) is 3. The van der Waals surface area contributed by atoms with Crippen molar-refractivity contribution in [2.24, 2.45) is 11.8 Å². The van der Waals surface area contributed by atoms with Crippen LogP contribution in [0.1, 0.15) is 5.56 Å². The van der Waals surface area contributed by atoms with E-state index in [0.29, 0.717) is 13.1 Å². The summed E-state index contributed by atoms with van der Waals surface area (Å²) in [6.45, 7) is 1.05. The lowest BCUT2D eigenvalue weighted by atomic mass is 9.77. The molecule has 3 aliphatic rings. The Bertz CT molecular complexity index is 656. The van der Waals surface area contributed by atoms with Crippen LogP contribution >= 0.6 is 0 Å². The molecule has 1 spiro atoms. The molecule has 4 atom stereocenters. The summed E-state index contributed by atoms with van der Waals surface area (Å²) >= 11 is 0. The molecule has 0 saturated carbocycles. The number of carboxylic acids is 1. The maximum absolute atomic E-state index is 12.7. The van der Waals surface area contributed by atoms with Crippen LogP contribution in [0.4, 0.5) is 0 Å². The fourth-order valence-electron chi connectivity index (χ4n) is 3.96. The SMILES string of the molecule is O=C(O)C1C2C(=O)N(CCc3ccccc3)C[C@@]23C=C[C@@H]1O3. The predicted molar refractivity (Wildman–Crippen MR) is 78.1 cm³/mol. The van der Waals surface area contributed by atoms with Crippen LogP contribution in [0, 0.1) is 11.8 Å². The number of amides is 1. The molecule has 2 saturated heterocycles. The summed E-state index contributed by atoms with van der Waals surface area (Å²) in [6.07, 6.45) is 3.99. The van der Waals surface area contributed by atoms with Crippen LogP contribution in [0.5, 0.6) is 0 Å². The van der Waals surface area contributed by atoms with E-state index in [2.05, 4.69) is 0 Å². The maximum atomic E-state index is 12.7. The summed E-state index contributed by atoms with van der Waals surface area (Å²) in [5, 5.41) is 9.41. The maximum Gasteiger partial charge on any atom is 0.310 e. The van der Waals surface area contributed by atoms with Crippen LogP contribution in [0.3, 0.4) is 0 Å². The van der Waals surface area contributed by atoms with E-state index >= 15 is 0 Å². The van der Waals surface area contributed by atoms with Gasteiger partial charge in [0.25, 0.3) is 0 Å². The van der Waals surface area contributed by atoms with Crippen LogP contribution in [-0.2, 0) is 20.7 Å². The fourth-order valence-corrected chi connectivity index (χ4v) is 3.96. The average Bonchev–Trinajstić information content (AvgIpc) is 3.14. The predicted octanol–water partition coefficient (Wildman–Crippen LogP) is 1.10. The molecular formula is C17H17NO4. The van der Waals surface area contributed by atoms with E-state index in [4.69, 9.17) is 4.74 Å². The first-order chi connectivity index (χ1) is 10.6. The third-order valence-corrected chi connectivity index (χ3v) is 4.98. The van der Waals surface area contributed by atoms with E-state index in [0.717, 1.165) is 6.42 Å². The molecule has 3 heterocycles. The van der Waals surface area contributed by atoms with Crippen LogP contribution < -0.4 is 0 Å². The first-order valence-corrected chi connectivity index (χ1v) is 7.53. The molecule has 1 amide bonds. The second-order valence-corrected chi connectivity index (χ2v) is 6.23. The minimum atomic E-state index is -0.945. The summed E-state index contributed by atoms with van der Waals surface area (Å²) in [5.41, 5.74) is 0.446. The van der Waals surface area contributed by atoms with E-state index in [9.17, 15) is 14.7 Å². The minimum absolute atomic E-state index is 0.0878. The second kappa shape index (κ2) is 4.68. The number of carbonyl (C=O) groups is 2. The minimum Gasteiger partial charge on any atom is -0.481 e. The summed E-state index contributed by atoms with van der Waals surface area (Å²) in [5.74, 6) is -2.36. The molecule has 2 fully saturated rings. The highest BCUT2D eigenvalue weighted by molar-refractivity contribution is 5.90. The number of likely N-dealkylation sites (tertiary alicyclic amines) is 1. The lowest BCUT2D eigenvalue weighted by Crippen LogP contribution is -2.39. The first-order valence-electron chi connectivity index (χ1n) is 7.53. The van der Waals surface area contributed by atoms with Crippen molar-refractivity contribution in [3.05, 3.63) is 48.0 Å². The van der Waals surface area contributed by atoms with Crippen LogP contribution in [0.15, 0.2) is 42.5 Å². The fraction of sp³-hybridized carbons (Fsp3) is 0.412. The van der Waals surface area contributed by atoms with Gasteiger partial charge >= 0.3 is 5.97 Å². The molecule has 5 nitrogen and oxygen atoms in total. The molecular weight excluding hydrogens is 282 g/mol. The molecule has 2 bridgehead atoms. The number of fused-ring (bicyclic) bond motifs is 1. The van der Waals surface area contributed by atoms with Gasteiger partial charge in [0.1, 0.15) is 11.5 Å².